The van der Waals surface area contributed by atoms with E-state index in [1.165, 1.54) is 0 Å². The number of esters is 2. The molecular formula is C10H12O4. The van der Waals surface area contributed by atoms with E-state index >= 15 is 0 Å². The molecular weight excluding hydrogens is 184 g/mol. The van der Waals surface area contributed by atoms with Crippen LogP contribution in [-0.2, 0) is 19.1 Å². The molecule has 0 aromatic rings. The summed E-state index contributed by atoms with van der Waals surface area (Å²) in [6.07, 6.45) is 3.42. The van der Waals surface area contributed by atoms with Gasteiger partial charge in [-0.15, -0.1) is 0 Å². The van der Waals surface area contributed by atoms with Gasteiger partial charge in [-0.1, -0.05) is 19.6 Å². The number of carbonyl (C=O) groups is 2. The Balaban J connectivity index is 0.000000750. The first-order valence-corrected chi connectivity index (χ1v) is 4.24. The number of carbonyl (C=O) groups excluding carboxylic acids is 2. The molecule has 2 saturated heterocycles. The predicted molar refractivity (Wildman–Crippen MR) is 47.2 cm³/mol. The lowest BCUT2D eigenvalue weighted by Gasteiger charge is -2.20. The molecule has 0 amide bonds. The fraction of sp³-hybridized carbons (Fsp3) is 0.600. The highest BCUT2D eigenvalue weighted by molar-refractivity contribution is 5.99. The third-order valence-corrected chi connectivity index (χ3v) is 3.06. The predicted octanol–water partition coefficient (Wildman–Crippen LogP) is 0.666. The molecule has 0 aromatic carbocycles. The van der Waals surface area contributed by atoms with Crippen molar-refractivity contribution in [3.8, 4) is 0 Å². The average Bonchev–Trinajstić information content (AvgIpc) is 2.62. The summed E-state index contributed by atoms with van der Waals surface area (Å²) in [7, 11) is 0. The highest BCUT2D eigenvalue weighted by Crippen LogP contribution is 2.50. The van der Waals surface area contributed by atoms with E-state index in [0.717, 1.165) is 0 Å². The lowest BCUT2D eigenvalue weighted by atomic mass is 9.78. The van der Waals surface area contributed by atoms with E-state index in [4.69, 9.17) is 4.74 Å². The van der Waals surface area contributed by atoms with Gasteiger partial charge in [-0.25, -0.2) is 0 Å². The Bertz CT molecular complexity index is 346. The summed E-state index contributed by atoms with van der Waals surface area (Å²) in [5.41, 5.74) is -0.613. The SMILES string of the molecule is C.CC12C=CC(O1)C1C(=O)OC(=O)C12. The largest absolute Gasteiger partial charge is 0.393 e. The lowest BCUT2D eigenvalue weighted by molar-refractivity contribution is -0.157. The van der Waals surface area contributed by atoms with Crippen LogP contribution in [0.3, 0.4) is 0 Å². The van der Waals surface area contributed by atoms with Crippen molar-refractivity contribution < 1.29 is 19.1 Å². The third-order valence-electron chi connectivity index (χ3n) is 3.06. The Kier molecular flexibility index (Phi) is 1.64. The first-order chi connectivity index (χ1) is 6.12. The molecule has 3 rings (SSSR count). The fourth-order valence-electron chi connectivity index (χ4n) is 2.46. The quantitative estimate of drug-likeness (QED) is 0.324. The van der Waals surface area contributed by atoms with Crippen LogP contribution in [0.5, 0.6) is 0 Å². The molecule has 0 aromatic heterocycles. The van der Waals surface area contributed by atoms with E-state index in [-0.39, 0.29) is 13.5 Å². The molecule has 0 aliphatic carbocycles. The highest BCUT2D eigenvalue weighted by atomic mass is 16.6. The second-order valence-corrected chi connectivity index (χ2v) is 3.87. The van der Waals surface area contributed by atoms with Gasteiger partial charge >= 0.3 is 11.9 Å². The maximum absolute atomic E-state index is 11.3. The molecule has 3 aliphatic heterocycles. The Morgan fingerprint density at radius 3 is 2.71 bits per heavy atom. The van der Waals surface area contributed by atoms with Crippen LogP contribution in [-0.4, -0.2) is 23.6 Å². The maximum Gasteiger partial charge on any atom is 0.320 e. The van der Waals surface area contributed by atoms with Gasteiger partial charge in [-0.3, -0.25) is 9.59 Å². The number of rotatable bonds is 0. The monoisotopic (exact) mass is 196 g/mol. The van der Waals surface area contributed by atoms with E-state index in [2.05, 4.69) is 4.74 Å². The number of hydrogen-bond acceptors (Lipinski definition) is 4. The fourth-order valence-corrected chi connectivity index (χ4v) is 2.46. The van der Waals surface area contributed by atoms with Crippen LogP contribution >= 0.6 is 0 Å². The number of hydrogen-bond donors (Lipinski definition) is 0. The molecule has 2 fully saturated rings. The molecule has 0 saturated carbocycles. The minimum atomic E-state index is -0.613. The summed E-state index contributed by atoms with van der Waals surface area (Å²) in [5, 5.41) is 0. The molecule has 0 radical (unpaired) electrons. The highest BCUT2D eigenvalue weighted by Gasteiger charge is 2.64. The average molecular weight is 196 g/mol. The molecule has 4 unspecified atom stereocenters. The third kappa shape index (κ3) is 0.817. The van der Waals surface area contributed by atoms with Crippen LogP contribution in [0.1, 0.15) is 14.4 Å². The number of ether oxygens (including phenoxy) is 2. The molecule has 0 N–H and O–H groups in total. The van der Waals surface area contributed by atoms with Crippen LogP contribution < -0.4 is 0 Å². The van der Waals surface area contributed by atoms with Crippen LogP contribution in [0.2, 0.25) is 0 Å². The van der Waals surface area contributed by atoms with Crippen molar-refractivity contribution in [2.24, 2.45) is 11.8 Å². The molecule has 14 heavy (non-hydrogen) atoms. The van der Waals surface area contributed by atoms with E-state index in [1.54, 1.807) is 0 Å². The second-order valence-electron chi connectivity index (χ2n) is 3.87. The van der Waals surface area contributed by atoms with Crippen LogP contribution in [0, 0.1) is 11.8 Å². The molecule has 4 nitrogen and oxygen atoms in total. The van der Waals surface area contributed by atoms with Crippen molar-refractivity contribution in [2.75, 3.05) is 0 Å². The minimum Gasteiger partial charge on any atom is -0.393 e. The zero-order valence-electron chi connectivity index (χ0n) is 7.02. The topological polar surface area (TPSA) is 52.6 Å². The zero-order valence-corrected chi connectivity index (χ0v) is 7.02. The van der Waals surface area contributed by atoms with Crippen molar-refractivity contribution in [2.45, 2.75) is 26.1 Å². The van der Waals surface area contributed by atoms with Crippen LogP contribution in [0.15, 0.2) is 12.2 Å². The van der Waals surface area contributed by atoms with Crippen molar-refractivity contribution in [1.29, 1.82) is 0 Å². The lowest BCUT2D eigenvalue weighted by Crippen LogP contribution is -2.34. The molecule has 76 valence electrons. The van der Waals surface area contributed by atoms with Gasteiger partial charge in [0.15, 0.2) is 0 Å². The Morgan fingerprint density at radius 1 is 1.36 bits per heavy atom. The molecule has 4 atom stereocenters. The van der Waals surface area contributed by atoms with Gasteiger partial charge in [0.05, 0.1) is 11.7 Å². The number of fused-ring (bicyclic) bond motifs is 5. The normalized spacial score (nSPS) is 47.6. The zero-order chi connectivity index (χ0) is 9.22. The van der Waals surface area contributed by atoms with E-state index in [0.29, 0.717) is 0 Å². The van der Waals surface area contributed by atoms with Gasteiger partial charge in [0, 0.05) is 0 Å². The molecule has 3 heterocycles. The van der Waals surface area contributed by atoms with Gasteiger partial charge in [-0.2, -0.15) is 0 Å². The van der Waals surface area contributed by atoms with Crippen molar-refractivity contribution in [1.82, 2.24) is 0 Å². The summed E-state index contributed by atoms with van der Waals surface area (Å²) in [6, 6.07) is 0. The molecule has 3 aliphatic rings. The van der Waals surface area contributed by atoms with Gasteiger partial charge in [0.25, 0.3) is 0 Å². The van der Waals surface area contributed by atoms with E-state index in [9.17, 15) is 9.59 Å². The molecule has 2 bridgehead atoms. The first-order valence-electron chi connectivity index (χ1n) is 4.24. The summed E-state index contributed by atoms with van der Waals surface area (Å²) in [4.78, 5) is 22.5. The van der Waals surface area contributed by atoms with E-state index in [1.807, 2.05) is 19.1 Å². The standard InChI is InChI=1S/C9H8O4.CH4/c1-9-3-2-4(13-9)5-6(9)8(11)12-7(5)10;/h2-6H,1H3;1H4. The van der Waals surface area contributed by atoms with Gasteiger partial charge in [0.1, 0.15) is 11.8 Å². The number of cyclic esters (lactones) is 2. The van der Waals surface area contributed by atoms with E-state index < -0.39 is 29.4 Å². The van der Waals surface area contributed by atoms with Crippen LogP contribution in [0.25, 0.3) is 0 Å². The Labute approximate surface area is 81.9 Å². The van der Waals surface area contributed by atoms with Crippen molar-refractivity contribution in [3.05, 3.63) is 12.2 Å². The summed E-state index contributed by atoms with van der Waals surface area (Å²) in [6.45, 7) is 1.81. The Morgan fingerprint density at radius 2 is 2.07 bits per heavy atom. The van der Waals surface area contributed by atoms with Gasteiger partial charge in [0.2, 0.25) is 0 Å². The van der Waals surface area contributed by atoms with Gasteiger partial charge in [-0.05, 0) is 6.92 Å². The molecule has 0 spiro atoms. The van der Waals surface area contributed by atoms with Gasteiger partial charge < -0.3 is 9.47 Å². The Hall–Kier alpha value is -1.16. The summed E-state index contributed by atoms with van der Waals surface area (Å²) < 4.78 is 10.1. The summed E-state index contributed by atoms with van der Waals surface area (Å²) in [5.74, 6) is -1.70. The molecule has 4 heteroatoms. The first kappa shape index (κ1) is 9.40. The van der Waals surface area contributed by atoms with Crippen LogP contribution in [0.4, 0.5) is 0 Å². The van der Waals surface area contributed by atoms with Crippen molar-refractivity contribution in [3.63, 3.8) is 0 Å². The summed E-state index contributed by atoms with van der Waals surface area (Å²) >= 11 is 0. The minimum absolute atomic E-state index is 0. The maximum atomic E-state index is 11.3. The van der Waals surface area contributed by atoms with Crippen molar-refractivity contribution >= 4 is 11.9 Å². The second kappa shape index (κ2) is 2.45. The smallest absolute Gasteiger partial charge is 0.320 e.